The Morgan fingerprint density at radius 1 is 0.571 bits per heavy atom. The van der Waals surface area contributed by atoms with Gasteiger partial charge < -0.3 is 5.11 Å². The van der Waals surface area contributed by atoms with Gasteiger partial charge in [0.05, 0.1) is 0 Å². The molecule has 1 N–H and O–H groups in total. The van der Waals surface area contributed by atoms with Gasteiger partial charge in [0.15, 0.2) is 0 Å². The first-order valence-electron chi connectivity index (χ1n) is 7.03. The van der Waals surface area contributed by atoms with Crippen LogP contribution in [0.3, 0.4) is 0 Å². The predicted molar refractivity (Wildman–Crippen MR) is 88.6 cm³/mol. The topological polar surface area (TPSA) is 20.2 Å². The summed E-state index contributed by atoms with van der Waals surface area (Å²) in [6.45, 7) is 0. The summed E-state index contributed by atoms with van der Waals surface area (Å²) in [7, 11) is 0. The van der Waals surface area contributed by atoms with E-state index in [2.05, 4.69) is 36.4 Å². The Kier molecular flexibility index (Phi) is 2.65. The molecule has 0 spiro atoms. The Balaban J connectivity index is 2.05. The monoisotopic (exact) mass is 270 g/mol. The largest absolute Gasteiger partial charge is 0.507 e. The lowest BCUT2D eigenvalue weighted by atomic mass is 9.96. The van der Waals surface area contributed by atoms with E-state index >= 15 is 0 Å². The first-order valence-corrected chi connectivity index (χ1v) is 7.03. The van der Waals surface area contributed by atoms with Gasteiger partial charge in [-0.3, -0.25) is 0 Å². The summed E-state index contributed by atoms with van der Waals surface area (Å²) >= 11 is 0. The van der Waals surface area contributed by atoms with Crippen LogP contribution in [0.1, 0.15) is 0 Å². The van der Waals surface area contributed by atoms with Crippen LogP contribution < -0.4 is 0 Å². The molecule has 1 heteroatoms. The van der Waals surface area contributed by atoms with Crippen LogP contribution in [0.15, 0.2) is 78.9 Å². The summed E-state index contributed by atoms with van der Waals surface area (Å²) in [5, 5.41) is 14.6. The number of hydrogen-bond donors (Lipinski definition) is 1. The van der Waals surface area contributed by atoms with Crippen LogP contribution >= 0.6 is 0 Å². The van der Waals surface area contributed by atoms with Gasteiger partial charge in [0.1, 0.15) is 5.75 Å². The fourth-order valence-electron chi connectivity index (χ4n) is 2.92. The smallest absolute Gasteiger partial charge is 0.124 e. The number of rotatable bonds is 1. The van der Waals surface area contributed by atoms with Crippen molar-refractivity contribution in [2.75, 3.05) is 0 Å². The predicted octanol–water partition coefficient (Wildman–Crippen LogP) is 5.37. The van der Waals surface area contributed by atoms with E-state index < -0.39 is 0 Å². The number of fused-ring (bicyclic) bond motifs is 2. The van der Waals surface area contributed by atoms with Crippen molar-refractivity contribution in [3.63, 3.8) is 0 Å². The highest BCUT2D eigenvalue weighted by Crippen LogP contribution is 2.34. The molecule has 0 bridgehead atoms. The molecule has 0 unspecified atom stereocenters. The molecule has 4 aromatic carbocycles. The van der Waals surface area contributed by atoms with Crippen molar-refractivity contribution >= 4 is 21.5 Å². The summed E-state index contributed by atoms with van der Waals surface area (Å²) in [5.41, 5.74) is 2.19. The number of hydrogen-bond acceptors (Lipinski definition) is 1. The third kappa shape index (κ3) is 1.95. The molecule has 0 saturated carbocycles. The van der Waals surface area contributed by atoms with Crippen LogP contribution in [0.5, 0.6) is 5.75 Å². The minimum absolute atomic E-state index is 0.330. The minimum Gasteiger partial charge on any atom is -0.507 e. The summed E-state index contributed by atoms with van der Waals surface area (Å²) in [6.07, 6.45) is 0. The quantitative estimate of drug-likeness (QED) is 0.493. The molecule has 4 aromatic rings. The molecule has 0 aliphatic rings. The number of aromatic hydroxyl groups is 1. The second kappa shape index (κ2) is 4.64. The maximum Gasteiger partial charge on any atom is 0.124 e. The molecule has 0 radical (unpaired) electrons. The van der Waals surface area contributed by atoms with E-state index in [0.29, 0.717) is 5.75 Å². The fourth-order valence-corrected chi connectivity index (χ4v) is 2.92. The first kappa shape index (κ1) is 12.0. The van der Waals surface area contributed by atoms with Gasteiger partial charge in [-0.05, 0) is 39.4 Å². The minimum atomic E-state index is 0.330. The standard InChI is InChI=1S/C20H14O/c21-20-13-16(12-15-7-2-4-10-19(15)20)18-11-5-8-14-6-1-3-9-17(14)18/h1-13,21H. The zero-order valence-corrected chi connectivity index (χ0v) is 11.5. The summed E-state index contributed by atoms with van der Waals surface area (Å²) in [5.74, 6) is 0.330. The highest BCUT2D eigenvalue weighted by atomic mass is 16.3. The van der Waals surface area contributed by atoms with E-state index in [1.807, 2.05) is 42.5 Å². The van der Waals surface area contributed by atoms with Gasteiger partial charge in [-0.2, -0.15) is 0 Å². The third-order valence-electron chi connectivity index (χ3n) is 3.94. The number of phenolic OH excluding ortho intramolecular Hbond substituents is 1. The molecule has 0 aromatic heterocycles. The summed E-state index contributed by atoms with van der Waals surface area (Å²) in [4.78, 5) is 0. The average molecular weight is 270 g/mol. The van der Waals surface area contributed by atoms with Crippen LogP contribution in [-0.4, -0.2) is 5.11 Å². The van der Waals surface area contributed by atoms with Crippen molar-refractivity contribution < 1.29 is 5.11 Å². The summed E-state index contributed by atoms with van der Waals surface area (Å²) < 4.78 is 0. The van der Waals surface area contributed by atoms with Crippen LogP contribution in [0.25, 0.3) is 32.7 Å². The Bertz CT molecular complexity index is 949. The molecule has 0 aliphatic carbocycles. The molecular formula is C20H14O. The first-order chi connectivity index (χ1) is 10.3. The van der Waals surface area contributed by atoms with E-state index in [4.69, 9.17) is 0 Å². The van der Waals surface area contributed by atoms with Crippen LogP contribution in [0.4, 0.5) is 0 Å². The zero-order chi connectivity index (χ0) is 14.2. The molecule has 0 atom stereocenters. The molecular weight excluding hydrogens is 256 g/mol. The number of phenols is 1. The van der Waals surface area contributed by atoms with Crippen molar-refractivity contribution in [2.45, 2.75) is 0 Å². The number of benzene rings is 4. The van der Waals surface area contributed by atoms with Crippen LogP contribution in [0.2, 0.25) is 0 Å². The normalized spacial score (nSPS) is 11.0. The van der Waals surface area contributed by atoms with Crippen molar-refractivity contribution in [1.29, 1.82) is 0 Å². The van der Waals surface area contributed by atoms with Gasteiger partial charge in [0, 0.05) is 5.39 Å². The molecule has 0 amide bonds. The molecule has 0 saturated heterocycles. The molecule has 0 aliphatic heterocycles. The zero-order valence-electron chi connectivity index (χ0n) is 11.5. The van der Waals surface area contributed by atoms with Gasteiger partial charge in [-0.25, -0.2) is 0 Å². The molecule has 0 fully saturated rings. The Morgan fingerprint density at radius 2 is 1.24 bits per heavy atom. The Labute approximate surface area is 123 Å². The second-order valence-corrected chi connectivity index (χ2v) is 5.24. The van der Waals surface area contributed by atoms with E-state index in [-0.39, 0.29) is 0 Å². The molecule has 21 heavy (non-hydrogen) atoms. The maximum atomic E-state index is 10.3. The van der Waals surface area contributed by atoms with Gasteiger partial charge in [0.25, 0.3) is 0 Å². The molecule has 4 rings (SSSR count). The van der Waals surface area contributed by atoms with E-state index in [9.17, 15) is 5.11 Å². The third-order valence-corrected chi connectivity index (χ3v) is 3.94. The molecule has 100 valence electrons. The van der Waals surface area contributed by atoms with E-state index in [1.165, 1.54) is 10.8 Å². The highest BCUT2D eigenvalue weighted by molar-refractivity contribution is 6.00. The molecule has 0 heterocycles. The lowest BCUT2D eigenvalue weighted by Crippen LogP contribution is -1.83. The van der Waals surface area contributed by atoms with Crippen molar-refractivity contribution in [3.8, 4) is 16.9 Å². The lowest BCUT2D eigenvalue weighted by molar-refractivity contribution is 0.482. The highest BCUT2D eigenvalue weighted by Gasteiger charge is 2.07. The van der Waals surface area contributed by atoms with Gasteiger partial charge in [0.2, 0.25) is 0 Å². The van der Waals surface area contributed by atoms with Crippen LogP contribution in [0, 0.1) is 0 Å². The van der Waals surface area contributed by atoms with E-state index in [0.717, 1.165) is 21.9 Å². The SMILES string of the molecule is Oc1cc(-c2cccc3ccccc23)cc2ccccc12. The maximum absolute atomic E-state index is 10.3. The van der Waals surface area contributed by atoms with Crippen molar-refractivity contribution in [1.82, 2.24) is 0 Å². The summed E-state index contributed by atoms with van der Waals surface area (Å²) in [6, 6.07) is 26.5. The van der Waals surface area contributed by atoms with Crippen molar-refractivity contribution in [2.24, 2.45) is 0 Å². The van der Waals surface area contributed by atoms with Crippen LogP contribution in [-0.2, 0) is 0 Å². The van der Waals surface area contributed by atoms with Gasteiger partial charge >= 0.3 is 0 Å². The van der Waals surface area contributed by atoms with Gasteiger partial charge in [-0.15, -0.1) is 0 Å². The molecule has 1 nitrogen and oxygen atoms in total. The fraction of sp³-hybridized carbons (Fsp3) is 0. The second-order valence-electron chi connectivity index (χ2n) is 5.24. The average Bonchev–Trinajstić information content (AvgIpc) is 2.54. The van der Waals surface area contributed by atoms with Crippen molar-refractivity contribution in [3.05, 3.63) is 78.9 Å². The lowest BCUT2D eigenvalue weighted by Gasteiger charge is -2.09. The van der Waals surface area contributed by atoms with Gasteiger partial charge in [-0.1, -0.05) is 66.7 Å². The Morgan fingerprint density at radius 3 is 2.10 bits per heavy atom. The van der Waals surface area contributed by atoms with E-state index in [1.54, 1.807) is 0 Å². The Hall–Kier alpha value is -2.80.